The molecule has 0 bridgehead atoms. The number of anilines is 1. The lowest BCUT2D eigenvalue weighted by Gasteiger charge is -2.19. The highest BCUT2D eigenvalue weighted by atomic mass is 35.5. The highest BCUT2D eigenvalue weighted by Crippen LogP contribution is 2.34. The number of hydrogen-bond acceptors (Lipinski definition) is 6. The van der Waals surface area contributed by atoms with Crippen LogP contribution >= 0.6 is 22.9 Å². The van der Waals surface area contributed by atoms with Crippen LogP contribution in [0.4, 0.5) is 14.5 Å². The SMILES string of the molecule is COc1ccc(F)c([C@H](C)Nc2cc(F)c(S(=O)(=O)c3nccs3)cc2Cl)c1. The Kier molecular flexibility index (Phi) is 5.87. The van der Waals surface area contributed by atoms with E-state index in [2.05, 4.69) is 10.3 Å². The number of ether oxygens (including phenoxy) is 1. The number of nitrogens with zero attached hydrogens (tertiary/aromatic N) is 1. The van der Waals surface area contributed by atoms with Gasteiger partial charge in [-0.15, -0.1) is 11.3 Å². The zero-order chi connectivity index (χ0) is 20.5. The van der Waals surface area contributed by atoms with Crippen LogP contribution in [-0.4, -0.2) is 20.5 Å². The second-order valence-electron chi connectivity index (χ2n) is 5.82. The maximum Gasteiger partial charge on any atom is 0.236 e. The normalized spacial score (nSPS) is 12.6. The van der Waals surface area contributed by atoms with Crippen molar-refractivity contribution in [3.8, 4) is 5.75 Å². The summed E-state index contributed by atoms with van der Waals surface area (Å²) < 4.78 is 58.6. The van der Waals surface area contributed by atoms with E-state index in [1.54, 1.807) is 6.92 Å². The standard InChI is InChI=1S/C18H15ClF2N2O3S2/c1-10(12-7-11(26-2)3-4-14(12)20)23-16-9-15(21)17(8-13(16)19)28(24,25)18-22-5-6-27-18/h3-10,23H,1-2H3/t10-/m0/s1. The summed E-state index contributed by atoms with van der Waals surface area (Å²) in [5.41, 5.74) is 0.419. The van der Waals surface area contributed by atoms with Crippen molar-refractivity contribution >= 4 is 38.5 Å². The van der Waals surface area contributed by atoms with Gasteiger partial charge < -0.3 is 10.1 Å². The Morgan fingerprint density at radius 2 is 1.96 bits per heavy atom. The van der Waals surface area contributed by atoms with Crippen molar-refractivity contribution in [2.45, 2.75) is 22.2 Å². The number of sulfone groups is 1. The van der Waals surface area contributed by atoms with Gasteiger partial charge in [0.05, 0.1) is 23.9 Å². The van der Waals surface area contributed by atoms with Crippen molar-refractivity contribution in [3.05, 3.63) is 64.1 Å². The van der Waals surface area contributed by atoms with Gasteiger partial charge in [-0.05, 0) is 37.3 Å². The molecule has 5 nitrogen and oxygen atoms in total. The molecule has 2 aromatic carbocycles. The lowest BCUT2D eigenvalue weighted by molar-refractivity contribution is 0.412. The first kappa shape index (κ1) is 20.5. The molecule has 0 saturated carbocycles. The Hall–Kier alpha value is -2.23. The molecule has 0 unspecified atom stereocenters. The second kappa shape index (κ2) is 8.02. The largest absolute Gasteiger partial charge is 0.497 e. The molecule has 1 atom stereocenters. The van der Waals surface area contributed by atoms with Crippen LogP contribution in [-0.2, 0) is 9.84 Å². The first-order valence-electron chi connectivity index (χ1n) is 7.97. The van der Waals surface area contributed by atoms with Gasteiger partial charge in [0.15, 0.2) is 0 Å². The fourth-order valence-electron chi connectivity index (χ4n) is 2.57. The van der Waals surface area contributed by atoms with Crippen LogP contribution in [0, 0.1) is 11.6 Å². The van der Waals surface area contributed by atoms with E-state index in [1.165, 1.54) is 36.9 Å². The van der Waals surface area contributed by atoms with Crippen LogP contribution in [0.5, 0.6) is 5.75 Å². The summed E-state index contributed by atoms with van der Waals surface area (Å²) in [6.45, 7) is 1.66. The van der Waals surface area contributed by atoms with Crippen molar-refractivity contribution < 1.29 is 21.9 Å². The molecular formula is C18H15ClF2N2O3S2. The Morgan fingerprint density at radius 3 is 2.61 bits per heavy atom. The summed E-state index contributed by atoms with van der Waals surface area (Å²) in [4.78, 5) is 3.15. The van der Waals surface area contributed by atoms with Crippen LogP contribution in [0.3, 0.4) is 0 Å². The lowest BCUT2D eigenvalue weighted by Crippen LogP contribution is -2.11. The Morgan fingerprint density at radius 1 is 1.21 bits per heavy atom. The van der Waals surface area contributed by atoms with Crippen LogP contribution in [0.25, 0.3) is 0 Å². The van der Waals surface area contributed by atoms with E-state index in [0.717, 1.165) is 23.5 Å². The first-order valence-corrected chi connectivity index (χ1v) is 10.7. The minimum atomic E-state index is -4.12. The Balaban J connectivity index is 1.94. The molecule has 0 aliphatic heterocycles. The minimum Gasteiger partial charge on any atom is -0.497 e. The van der Waals surface area contributed by atoms with Crippen LogP contribution in [0.1, 0.15) is 18.5 Å². The maximum absolute atomic E-state index is 14.6. The van der Waals surface area contributed by atoms with Crippen molar-refractivity contribution in [1.82, 2.24) is 4.98 Å². The number of hydrogen-bond donors (Lipinski definition) is 1. The van der Waals surface area contributed by atoms with E-state index in [1.807, 2.05) is 0 Å². The van der Waals surface area contributed by atoms with Gasteiger partial charge in [0, 0.05) is 17.1 Å². The third kappa shape index (κ3) is 3.96. The zero-order valence-corrected chi connectivity index (χ0v) is 17.1. The van der Waals surface area contributed by atoms with Gasteiger partial charge in [-0.2, -0.15) is 0 Å². The minimum absolute atomic E-state index is 0.0216. The van der Waals surface area contributed by atoms with Gasteiger partial charge in [0.2, 0.25) is 14.2 Å². The van der Waals surface area contributed by atoms with Crippen LogP contribution in [0.2, 0.25) is 5.02 Å². The number of rotatable bonds is 6. The molecule has 0 aliphatic rings. The van der Waals surface area contributed by atoms with E-state index in [9.17, 15) is 17.2 Å². The summed E-state index contributed by atoms with van der Waals surface area (Å²) in [5.74, 6) is -0.993. The van der Waals surface area contributed by atoms with Gasteiger partial charge in [-0.1, -0.05) is 11.6 Å². The molecule has 1 aromatic heterocycles. The van der Waals surface area contributed by atoms with Gasteiger partial charge >= 0.3 is 0 Å². The number of nitrogens with one attached hydrogen (secondary N) is 1. The molecule has 28 heavy (non-hydrogen) atoms. The smallest absolute Gasteiger partial charge is 0.236 e. The number of halogens is 3. The first-order chi connectivity index (χ1) is 13.2. The molecular weight excluding hydrogens is 430 g/mol. The average molecular weight is 445 g/mol. The van der Waals surface area contributed by atoms with E-state index in [4.69, 9.17) is 16.3 Å². The third-order valence-corrected chi connectivity index (χ3v) is 7.27. The summed E-state index contributed by atoms with van der Waals surface area (Å²) in [6.07, 6.45) is 1.32. The summed E-state index contributed by atoms with van der Waals surface area (Å²) in [7, 11) is -2.66. The van der Waals surface area contributed by atoms with Crippen molar-refractivity contribution in [3.63, 3.8) is 0 Å². The summed E-state index contributed by atoms with van der Waals surface area (Å²) in [6, 6.07) is 5.66. The molecule has 0 saturated heterocycles. The molecule has 0 radical (unpaired) electrons. The van der Waals surface area contributed by atoms with Gasteiger partial charge in [-0.3, -0.25) is 0 Å². The molecule has 10 heteroatoms. The fourth-order valence-corrected chi connectivity index (χ4v) is 5.14. The average Bonchev–Trinajstić information content (AvgIpc) is 3.20. The molecule has 0 aliphatic carbocycles. The van der Waals surface area contributed by atoms with E-state index in [0.29, 0.717) is 5.75 Å². The lowest BCUT2D eigenvalue weighted by atomic mass is 10.1. The molecule has 0 fully saturated rings. The van der Waals surface area contributed by atoms with Crippen molar-refractivity contribution in [2.75, 3.05) is 12.4 Å². The van der Waals surface area contributed by atoms with E-state index >= 15 is 0 Å². The van der Waals surface area contributed by atoms with Gasteiger partial charge in [0.25, 0.3) is 0 Å². The molecule has 3 rings (SSSR count). The Labute approximate surface area is 169 Å². The molecule has 0 amide bonds. The topological polar surface area (TPSA) is 68.3 Å². The predicted molar refractivity (Wildman–Crippen MR) is 104 cm³/mol. The summed E-state index contributed by atoms with van der Waals surface area (Å²) in [5, 5.41) is 4.35. The summed E-state index contributed by atoms with van der Waals surface area (Å²) >= 11 is 7.05. The fraction of sp³-hybridized carbons (Fsp3) is 0.167. The molecule has 1 N–H and O–H groups in total. The molecule has 3 aromatic rings. The molecule has 0 spiro atoms. The monoisotopic (exact) mass is 444 g/mol. The van der Waals surface area contributed by atoms with E-state index in [-0.39, 0.29) is 20.6 Å². The van der Waals surface area contributed by atoms with E-state index < -0.39 is 32.4 Å². The highest BCUT2D eigenvalue weighted by molar-refractivity contribution is 7.93. The molecule has 1 heterocycles. The quantitative estimate of drug-likeness (QED) is 0.573. The highest BCUT2D eigenvalue weighted by Gasteiger charge is 2.26. The Bertz CT molecular complexity index is 1110. The van der Waals surface area contributed by atoms with Gasteiger partial charge in [-0.25, -0.2) is 22.2 Å². The van der Waals surface area contributed by atoms with Crippen LogP contribution in [0.15, 0.2) is 51.1 Å². The maximum atomic E-state index is 14.6. The predicted octanol–water partition coefficient (Wildman–Crippen LogP) is 5.09. The van der Waals surface area contributed by atoms with Crippen molar-refractivity contribution in [2.24, 2.45) is 0 Å². The van der Waals surface area contributed by atoms with Crippen LogP contribution < -0.4 is 10.1 Å². The van der Waals surface area contributed by atoms with Gasteiger partial charge in [0.1, 0.15) is 22.3 Å². The zero-order valence-electron chi connectivity index (χ0n) is 14.7. The van der Waals surface area contributed by atoms with Crippen molar-refractivity contribution in [1.29, 1.82) is 0 Å². The number of thiazole rings is 1. The second-order valence-corrected chi connectivity index (χ2v) is 9.21. The number of benzene rings is 2. The molecule has 148 valence electrons. The number of aromatic nitrogens is 1. The third-order valence-electron chi connectivity index (χ3n) is 3.99. The number of methoxy groups -OCH3 is 1.